The van der Waals surface area contributed by atoms with E-state index in [9.17, 15) is 14.4 Å². The van der Waals surface area contributed by atoms with Crippen molar-refractivity contribution in [1.29, 1.82) is 0 Å². The number of amides is 3. The third-order valence-corrected chi connectivity index (χ3v) is 3.56. The van der Waals surface area contributed by atoms with Crippen molar-refractivity contribution < 1.29 is 14.4 Å². The maximum absolute atomic E-state index is 12.3. The number of hydrogen-bond donors (Lipinski definition) is 2. The fourth-order valence-electron chi connectivity index (χ4n) is 2.63. The van der Waals surface area contributed by atoms with Crippen LogP contribution in [-0.2, 0) is 14.4 Å². The highest BCUT2D eigenvalue weighted by atomic mass is 16.2. The van der Waals surface area contributed by atoms with E-state index in [-0.39, 0.29) is 24.3 Å². The number of nitrogens with two attached hydrogens (primary N) is 1. The number of nitrogens with one attached hydrogen (secondary N) is 1. The number of piperazine rings is 1. The van der Waals surface area contributed by atoms with Crippen molar-refractivity contribution in [1.82, 2.24) is 10.2 Å². The number of nitrogens with zero attached hydrogens (tertiary/aromatic N) is 1. The molecule has 1 aliphatic rings. The van der Waals surface area contributed by atoms with Crippen LogP contribution < -0.4 is 11.1 Å². The molecule has 1 unspecified atom stereocenters. The summed E-state index contributed by atoms with van der Waals surface area (Å²) in [6.07, 6.45) is 1.67. The quantitative estimate of drug-likeness (QED) is 0.684. The molecule has 0 aromatic carbocycles. The van der Waals surface area contributed by atoms with Gasteiger partial charge in [-0.15, -0.1) is 0 Å². The van der Waals surface area contributed by atoms with E-state index in [1.807, 2.05) is 6.92 Å². The lowest BCUT2D eigenvalue weighted by Gasteiger charge is -2.34. The molecule has 0 bridgehead atoms. The molecule has 1 saturated heterocycles. The van der Waals surface area contributed by atoms with Crippen LogP contribution in [0.2, 0.25) is 0 Å². The van der Waals surface area contributed by atoms with E-state index in [4.69, 9.17) is 5.73 Å². The van der Waals surface area contributed by atoms with Crippen molar-refractivity contribution in [3.63, 3.8) is 0 Å². The van der Waals surface area contributed by atoms with Gasteiger partial charge in [0.15, 0.2) is 0 Å². The van der Waals surface area contributed by atoms with Gasteiger partial charge >= 0.3 is 0 Å². The predicted molar refractivity (Wildman–Crippen MR) is 75.6 cm³/mol. The van der Waals surface area contributed by atoms with Gasteiger partial charge in [-0.25, -0.2) is 0 Å². The average molecular weight is 283 g/mol. The number of carbonyl (C=O) groups excluding carboxylic acids is 3. The summed E-state index contributed by atoms with van der Waals surface area (Å²) in [6, 6.07) is -0.544. The van der Waals surface area contributed by atoms with Crippen molar-refractivity contribution in [3.8, 4) is 0 Å². The molecule has 1 rings (SSSR count). The summed E-state index contributed by atoms with van der Waals surface area (Å²) in [6.45, 7) is 6.39. The molecule has 6 heteroatoms. The fraction of sp³-hybridized carbons (Fsp3) is 0.786. The maximum Gasteiger partial charge on any atom is 0.249 e. The Kier molecular flexibility index (Phi) is 6.13. The molecule has 2 atom stereocenters. The molecule has 114 valence electrons. The first-order valence-electron chi connectivity index (χ1n) is 7.22. The Morgan fingerprint density at radius 3 is 2.60 bits per heavy atom. The lowest BCUT2D eigenvalue weighted by molar-refractivity contribution is -0.150. The minimum absolute atomic E-state index is 0.0396. The molecule has 0 aromatic heterocycles. The van der Waals surface area contributed by atoms with Gasteiger partial charge in [-0.2, -0.15) is 0 Å². The molecule has 0 aromatic rings. The lowest BCUT2D eigenvalue weighted by atomic mass is 9.93. The minimum atomic E-state index is -0.544. The average Bonchev–Trinajstić information content (AvgIpc) is 2.36. The molecule has 0 saturated carbocycles. The van der Waals surface area contributed by atoms with E-state index >= 15 is 0 Å². The summed E-state index contributed by atoms with van der Waals surface area (Å²) in [5, 5.41) is 2.27. The first-order valence-corrected chi connectivity index (χ1v) is 7.22. The second-order valence-corrected chi connectivity index (χ2v) is 5.79. The number of rotatable bonds is 6. The van der Waals surface area contributed by atoms with Crippen molar-refractivity contribution in [2.45, 2.75) is 46.1 Å². The number of carbonyl (C=O) groups is 3. The molecule has 20 heavy (non-hydrogen) atoms. The molecule has 3 amide bonds. The molecule has 1 aliphatic heterocycles. The van der Waals surface area contributed by atoms with E-state index in [2.05, 4.69) is 19.2 Å². The zero-order chi connectivity index (χ0) is 15.3. The first kappa shape index (κ1) is 16.6. The van der Waals surface area contributed by atoms with E-state index in [0.29, 0.717) is 25.3 Å². The Balaban J connectivity index is 2.72. The summed E-state index contributed by atoms with van der Waals surface area (Å²) in [4.78, 5) is 36.9. The summed E-state index contributed by atoms with van der Waals surface area (Å²) in [5.74, 6) is -0.396. The van der Waals surface area contributed by atoms with Crippen LogP contribution in [0.25, 0.3) is 0 Å². The molecule has 0 aliphatic carbocycles. The molecule has 1 fully saturated rings. The zero-order valence-corrected chi connectivity index (χ0v) is 12.5. The van der Waals surface area contributed by atoms with Crippen LogP contribution in [0.3, 0.4) is 0 Å². The standard InChI is InChI=1S/C14H25N3O3/c1-4-11-14(20)16-12(18)8-17(11)13(19)6-10(7-15)5-9(2)3/h9-11H,4-8,15H2,1-3H3,(H,16,18,20)/t10-,11?/m0/s1. The lowest BCUT2D eigenvalue weighted by Crippen LogP contribution is -2.59. The molecule has 3 N–H and O–H groups in total. The summed E-state index contributed by atoms with van der Waals surface area (Å²) >= 11 is 0. The highest BCUT2D eigenvalue weighted by Crippen LogP contribution is 2.18. The van der Waals surface area contributed by atoms with Crippen LogP contribution in [0, 0.1) is 11.8 Å². The predicted octanol–water partition coefficient (Wildman–Crippen LogP) is 0.261. The topological polar surface area (TPSA) is 92.5 Å². The third kappa shape index (κ3) is 4.30. The second-order valence-electron chi connectivity index (χ2n) is 5.79. The van der Waals surface area contributed by atoms with Crippen LogP contribution >= 0.6 is 0 Å². The molecular formula is C14H25N3O3. The molecular weight excluding hydrogens is 258 g/mol. The SMILES string of the molecule is CCC1C(=O)NC(=O)CN1C(=O)C[C@@H](CN)CC(C)C. The summed E-state index contributed by atoms with van der Waals surface area (Å²) < 4.78 is 0. The number of imide groups is 1. The summed E-state index contributed by atoms with van der Waals surface area (Å²) in [5.41, 5.74) is 5.70. The highest BCUT2D eigenvalue weighted by Gasteiger charge is 2.35. The normalized spacial score (nSPS) is 21.1. The smallest absolute Gasteiger partial charge is 0.249 e. The van der Waals surface area contributed by atoms with Gasteiger partial charge in [-0.3, -0.25) is 19.7 Å². The van der Waals surface area contributed by atoms with E-state index in [1.165, 1.54) is 4.90 Å². The second kappa shape index (κ2) is 7.38. The van der Waals surface area contributed by atoms with Gasteiger partial charge in [0.05, 0.1) is 0 Å². The maximum atomic E-state index is 12.3. The van der Waals surface area contributed by atoms with Gasteiger partial charge in [0.2, 0.25) is 17.7 Å². The molecule has 0 spiro atoms. The Morgan fingerprint density at radius 2 is 2.10 bits per heavy atom. The number of hydrogen-bond acceptors (Lipinski definition) is 4. The van der Waals surface area contributed by atoms with Crippen molar-refractivity contribution in [2.75, 3.05) is 13.1 Å². The molecule has 6 nitrogen and oxygen atoms in total. The van der Waals surface area contributed by atoms with Crippen LogP contribution in [0.15, 0.2) is 0 Å². The molecule has 1 heterocycles. The zero-order valence-electron chi connectivity index (χ0n) is 12.5. The summed E-state index contributed by atoms with van der Waals surface area (Å²) in [7, 11) is 0. The van der Waals surface area contributed by atoms with Crippen LogP contribution in [0.1, 0.15) is 40.0 Å². The van der Waals surface area contributed by atoms with Gasteiger partial charge in [-0.05, 0) is 31.2 Å². The monoisotopic (exact) mass is 283 g/mol. The largest absolute Gasteiger partial charge is 0.330 e. The van der Waals surface area contributed by atoms with Crippen molar-refractivity contribution >= 4 is 17.7 Å². The van der Waals surface area contributed by atoms with Crippen molar-refractivity contribution in [2.24, 2.45) is 17.6 Å². The van der Waals surface area contributed by atoms with Crippen LogP contribution in [0.4, 0.5) is 0 Å². The van der Waals surface area contributed by atoms with Gasteiger partial charge in [-0.1, -0.05) is 20.8 Å². The van der Waals surface area contributed by atoms with Crippen molar-refractivity contribution in [3.05, 3.63) is 0 Å². The highest BCUT2D eigenvalue weighted by molar-refractivity contribution is 6.04. The first-order chi connectivity index (χ1) is 9.38. The molecule has 0 radical (unpaired) electrons. The van der Waals surface area contributed by atoms with E-state index in [0.717, 1.165) is 6.42 Å². The van der Waals surface area contributed by atoms with E-state index in [1.54, 1.807) is 0 Å². The Labute approximate surface area is 120 Å². The Morgan fingerprint density at radius 1 is 1.45 bits per heavy atom. The van der Waals surface area contributed by atoms with Gasteiger partial charge in [0, 0.05) is 6.42 Å². The van der Waals surface area contributed by atoms with Gasteiger partial charge in [0.1, 0.15) is 12.6 Å². The van der Waals surface area contributed by atoms with Gasteiger partial charge < -0.3 is 10.6 Å². The third-order valence-electron chi connectivity index (χ3n) is 3.56. The Hall–Kier alpha value is -1.43. The van der Waals surface area contributed by atoms with Gasteiger partial charge in [0.25, 0.3) is 0 Å². The van der Waals surface area contributed by atoms with Crippen LogP contribution in [-0.4, -0.2) is 41.8 Å². The van der Waals surface area contributed by atoms with Crippen LogP contribution in [0.5, 0.6) is 0 Å². The fourth-order valence-corrected chi connectivity index (χ4v) is 2.63. The van der Waals surface area contributed by atoms with E-state index < -0.39 is 11.9 Å². The Bertz CT molecular complexity index is 382. The minimum Gasteiger partial charge on any atom is -0.330 e.